The van der Waals surface area contributed by atoms with Gasteiger partial charge in [-0.25, -0.2) is 4.79 Å². The number of aromatic carboxylic acids is 1. The molecule has 0 aliphatic carbocycles. The summed E-state index contributed by atoms with van der Waals surface area (Å²) in [6, 6.07) is 9.54. The number of aromatic amines is 2. The number of rotatable bonds is 4. The second-order valence-electron chi connectivity index (χ2n) is 7.12. The van der Waals surface area contributed by atoms with E-state index in [2.05, 4.69) is 38.9 Å². The van der Waals surface area contributed by atoms with Gasteiger partial charge in [0.25, 0.3) is 5.56 Å². The number of hydrogen-bond acceptors (Lipinski definition) is 4. The number of nitrogens with one attached hydrogen (secondary N) is 2. The molecule has 0 radical (unpaired) electrons. The lowest BCUT2D eigenvalue weighted by atomic mass is 10.1. The zero-order valence-electron chi connectivity index (χ0n) is 15.2. The van der Waals surface area contributed by atoms with Gasteiger partial charge in [-0.1, -0.05) is 6.07 Å². The predicted octanol–water partition coefficient (Wildman–Crippen LogP) is 1.97. The van der Waals surface area contributed by atoms with E-state index in [0.29, 0.717) is 11.3 Å². The first-order chi connectivity index (χ1) is 13.0. The predicted molar refractivity (Wildman–Crippen MR) is 104 cm³/mol. The number of carboxylic acid groups (broad SMARTS) is 1. The summed E-state index contributed by atoms with van der Waals surface area (Å²) in [4.78, 5) is 33.8. The summed E-state index contributed by atoms with van der Waals surface area (Å²) in [6.45, 7) is 5.19. The molecule has 0 spiro atoms. The third-order valence-electron chi connectivity index (χ3n) is 5.13. The van der Waals surface area contributed by atoms with Crippen molar-refractivity contribution in [2.24, 2.45) is 0 Å². The number of aromatic nitrogens is 2. The van der Waals surface area contributed by atoms with Gasteiger partial charge in [-0.3, -0.25) is 9.69 Å². The Morgan fingerprint density at radius 2 is 1.93 bits per heavy atom. The summed E-state index contributed by atoms with van der Waals surface area (Å²) in [5.41, 5.74) is 2.83. The molecule has 3 heterocycles. The topological polar surface area (TPSA) is 92.4 Å². The van der Waals surface area contributed by atoms with Gasteiger partial charge in [0.05, 0.1) is 16.8 Å². The average Bonchev–Trinajstić information content (AvgIpc) is 3.07. The maximum absolute atomic E-state index is 12.1. The highest BCUT2D eigenvalue weighted by atomic mass is 16.4. The van der Waals surface area contributed by atoms with Gasteiger partial charge in [0, 0.05) is 49.8 Å². The minimum Gasteiger partial charge on any atom is -0.478 e. The number of hydrogen-bond donors (Lipinski definition) is 3. The van der Waals surface area contributed by atoms with Crippen LogP contribution in [0.2, 0.25) is 0 Å². The van der Waals surface area contributed by atoms with Gasteiger partial charge in [-0.05, 0) is 36.9 Å². The second-order valence-corrected chi connectivity index (χ2v) is 7.12. The fourth-order valence-corrected chi connectivity index (χ4v) is 3.50. The van der Waals surface area contributed by atoms with Crippen molar-refractivity contribution >= 4 is 16.9 Å². The normalized spacial score (nSPS) is 16.0. The number of carbonyl (C=O) groups is 1. The van der Waals surface area contributed by atoms with Crippen molar-refractivity contribution in [1.29, 1.82) is 0 Å². The van der Waals surface area contributed by atoms with E-state index in [1.165, 1.54) is 17.8 Å². The van der Waals surface area contributed by atoms with Crippen LogP contribution in [0.1, 0.15) is 15.9 Å². The molecule has 140 valence electrons. The van der Waals surface area contributed by atoms with E-state index in [4.69, 9.17) is 5.11 Å². The standard InChI is InChI=1S/C20H22N4O3/c1-23-4-6-24(7-5-23)12-13-2-3-17-14(8-13)10-18(22-17)16-9-15(20(26)27)11-21-19(16)25/h2-3,8-11,22H,4-7,12H2,1H3,(H,21,25)(H,26,27). The van der Waals surface area contributed by atoms with Crippen LogP contribution in [0.3, 0.4) is 0 Å². The Kier molecular flexibility index (Phi) is 4.55. The molecule has 1 aliphatic heterocycles. The van der Waals surface area contributed by atoms with Crippen molar-refractivity contribution in [1.82, 2.24) is 19.8 Å². The third-order valence-corrected chi connectivity index (χ3v) is 5.13. The molecule has 1 aromatic carbocycles. The van der Waals surface area contributed by atoms with E-state index in [-0.39, 0.29) is 11.1 Å². The average molecular weight is 366 g/mol. The Morgan fingerprint density at radius 1 is 1.15 bits per heavy atom. The summed E-state index contributed by atoms with van der Waals surface area (Å²) in [5, 5.41) is 10.2. The Hall–Kier alpha value is -2.90. The summed E-state index contributed by atoms with van der Waals surface area (Å²) in [6.07, 6.45) is 1.21. The first kappa shape index (κ1) is 17.5. The number of H-pyrrole nitrogens is 2. The van der Waals surface area contributed by atoms with Gasteiger partial charge in [0.2, 0.25) is 0 Å². The molecule has 27 heavy (non-hydrogen) atoms. The molecule has 0 saturated carbocycles. The lowest BCUT2D eigenvalue weighted by Crippen LogP contribution is -2.43. The zero-order chi connectivity index (χ0) is 19.0. The third kappa shape index (κ3) is 3.65. The van der Waals surface area contributed by atoms with E-state index in [0.717, 1.165) is 43.6 Å². The Bertz CT molecular complexity index is 1040. The van der Waals surface area contributed by atoms with Crippen LogP contribution in [-0.4, -0.2) is 64.1 Å². The van der Waals surface area contributed by atoms with Crippen LogP contribution in [0.5, 0.6) is 0 Å². The van der Waals surface area contributed by atoms with E-state index >= 15 is 0 Å². The van der Waals surface area contributed by atoms with E-state index < -0.39 is 5.97 Å². The van der Waals surface area contributed by atoms with Gasteiger partial charge in [0.15, 0.2) is 0 Å². The Morgan fingerprint density at radius 3 is 2.67 bits per heavy atom. The van der Waals surface area contributed by atoms with Gasteiger partial charge in [-0.2, -0.15) is 0 Å². The molecular formula is C20H22N4O3. The Labute approximate surface area is 156 Å². The van der Waals surface area contributed by atoms with Crippen LogP contribution < -0.4 is 5.56 Å². The number of fused-ring (bicyclic) bond motifs is 1. The highest BCUT2D eigenvalue weighted by Gasteiger charge is 2.15. The number of benzene rings is 1. The van der Waals surface area contributed by atoms with Crippen LogP contribution in [-0.2, 0) is 6.54 Å². The largest absolute Gasteiger partial charge is 0.478 e. The van der Waals surface area contributed by atoms with Crippen molar-refractivity contribution < 1.29 is 9.90 Å². The summed E-state index contributed by atoms with van der Waals surface area (Å²) in [7, 11) is 2.14. The van der Waals surface area contributed by atoms with Crippen LogP contribution in [0.25, 0.3) is 22.2 Å². The first-order valence-corrected chi connectivity index (χ1v) is 8.98. The second kappa shape index (κ2) is 7.02. The number of likely N-dealkylation sites (N-methyl/N-ethyl adjacent to an activating group) is 1. The summed E-state index contributed by atoms with van der Waals surface area (Å²) >= 11 is 0. The van der Waals surface area contributed by atoms with E-state index in [1.54, 1.807) is 0 Å². The van der Waals surface area contributed by atoms with Crippen molar-refractivity contribution in [3.05, 3.63) is 58.0 Å². The minimum atomic E-state index is -1.07. The molecule has 1 saturated heterocycles. The quantitative estimate of drug-likeness (QED) is 0.657. The molecule has 7 nitrogen and oxygen atoms in total. The SMILES string of the molecule is CN1CCN(Cc2ccc3[nH]c(-c4cc(C(=O)O)c[nH]c4=O)cc3c2)CC1. The molecule has 0 bridgehead atoms. The smallest absolute Gasteiger partial charge is 0.337 e. The summed E-state index contributed by atoms with van der Waals surface area (Å²) < 4.78 is 0. The molecule has 4 rings (SSSR count). The molecule has 7 heteroatoms. The fourth-order valence-electron chi connectivity index (χ4n) is 3.50. The number of piperazine rings is 1. The summed E-state index contributed by atoms with van der Waals surface area (Å²) in [5.74, 6) is -1.07. The van der Waals surface area contributed by atoms with Gasteiger partial charge < -0.3 is 20.0 Å². The number of nitrogens with zero attached hydrogens (tertiary/aromatic N) is 2. The highest BCUT2D eigenvalue weighted by Crippen LogP contribution is 2.24. The molecule has 3 N–H and O–H groups in total. The number of pyridine rings is 1. The van der Waals surface area contributed by atoms with Gasteiger partial charge in [0.1, 0.15) is 0 Å². The maximum Gasteiger partial charge on any atom is 0.337 e. The van der Waals surface area contributed by atoms with Crippen LogP contribution in [0.4, 0.5) is 0 Å². The van der Waals surface area contributed by atoms with Crippen molar-refractivity contribution in [2.45, 2.75) is 6.54 Å². The highest BCUT2D eigenvalue weighted by molar-refractivity contribution is 5.90. The minimum absolute atomic E-state index is 0.0546. The fraction of sp³-hybridized carbons (Fsp3) is 0.300. The van der Waals surface area contributed by atoms with Crippen LogP contribution in [0.15, 0.2) is 41.3 Å². The first-order valence-electron chi connectivity index (χ1n) is 8.98. The molecule has 1 fully saturated rings. The van der Waals surface area contributed by atoms with Crippen molar-refractivity contribution in [3.63, 3.8) is 0 Å². The van der Waals surface area contributed by atoms with E-state index in [9.17, 15) is 9.59 Å². The number of carboxylic acids is 1. The molecule has 2 aromatic heterocycles. The molecule has 0 amide bonds. The molecular weight excluding hydrogens is 344 g/mol. The van der Waals surface area contributed by atoms with Crippen LogP contribution >= 0.6 is 0 Å². The van der Waals surface area contributed by atoms with Crippen LogP contribution in [0, 0.1) is 0 Å². The molecule has 0 unspecified atom stereocenters. The van der Waals surface area contributed by atoms with Crippen molar-refractivity contribution in [3.8, 4) is 11.3 Å². The Balaban J connectivity index is 1.62. The van der Waals surface area contributed by atoms with Crippen molar-refractivity contribution in [2.75, 3.05) is 33.2 Å². The maximum atomic E-state index is 12.1. The lowest BCUT2D eigenvalue weighted by Gasteiger charge is -2.32. The molecule has 3 aromatic rings. The van der Waals surface area contributed by atoms with Gasteiger partial charge >= 0.3 is 5.97 Å². The monoisotopic (exact) mass is 366 g/mol. The van der Waals surface area contributed by atoms with Gasteiger partial charge in [-0.15, -0.1) is 0 Å². The molecule has 0 atom stereocenters. The molecule has 1 aliphatic rings. The lowest BCUT2D eigenvalue weighted by molar-refractivity contribution is 0.0696. The van der Waals surface area contributed by atoms with E-state index in [1.807, 2.05) is 12.1 Å². The zero-order valence-corrected chi connectivity index (χ0v) is 15.2.